The van der Waals surface area contributed by atoms with Crippen molar-refractivity contribution in [3.05, 3.63) is 22.8 Å². The number of benzene rings is 1. The Bertz CT molecular complexity index is 596. The molecular formula is C18H25NO3. The Morgan fingerprint density at radius 3 is 2.73 bits per heavy atom. The zero-order chi connectivity index (χ0) is 15.9. The Labute approximate surface area is 132 Å². The molecule has 1 heterocycles. The predicted octanol–water partition coefficient (Wildman–Crippen LogP) is 2.89. The van der Waals surface area contributed by atoms with E-state index in [1.165, 1.54) is 0 Å². The van der Waals surface area contributed by atoms with Gasteiger partial charge in [0.2, 0.25) is 0 Å². The molecule has 1 saturated heterocycles. The maximum Gasteiger partial charge on any atom is 0.167 e. The molecule has 1 aliphatic carbocycles. The van der Waals surface area contributed by atoms with Crippen LogP contribution in [0.15, 0.2) is 6.07 Å². The van der Waals surface area contributed by atoms with E-state index in [9.17, 15) is 4.79 Å². The van der Waals surface area contributed by atoms with Gasteiger partial charge in [-0.15, -0.1) is 0 Å². The number of hydrogen-bond acceptors (Lipinski definition) is 4. The van der Waals surface area contributed by atoms with Crippen LogP contribution >= 0.6 is 0 Å². The van der Waals surface area contributed by atoms with Crippen molar-refractivity contribution in [1.29, 1.82) is 0 Å². The highest BCUT2D eigenvalue weighted by molar-refractivity contribution is 6.02. The van der Waals surface area contributed by atoms with E-state index in [0.29, 0.717) is 18.3 Å². The molecule has 1 aromatic carbocycles. The highest BCUT2D eigenvalue weighted by atomic mass is 16.5. The summed E-state index contributed by atoms with van der Waals surface area (Å²) in [7, 11) is 5.50. The van der Waals surface area contributed by atoms with Crippen LogP contribution in [0.1, 0.15) is 47.2 Å². The third kappa shape index (κ3) is 2.30. The van der Waals surface area contributed by atoms with Crippen LogP contribution in [0.5, 0.6) is 11.5 Å². The normalized spacial score (nSPS) is 24.6. The van der Waals surface area contributed by atoms with Crippen LogP contribution in [0.3, 0.4) is 0 Å². The van der Waals surface area contributed by atoms with Crippen molar-refractivity contribution >= 4 is 5.78 Å². The van der Waals surface area contributed by atoms with Gasteiger partial charge in [0, 0.05) is 24.4 Å². The van der Waals surface area contributed by atoms with Gasteiger partial charge < -0.3 is 14.4 Å². The predicted molar refractivity (Wildman–Crippen MR) is 86.2 cm³/mol. The van der Waals surface area contributed by atoms with Gasteiger partial charge in [0.05, 0.1) is 19.8 Å². The van der Waals surface area contributed by atoms with Gasteiger partial charge in [0.15, 0.2) is 5.78 Å². The van der Waals surface area contributed by atoms with E-state index < -0.39 is 0 Å². The van der Waals surface area contributed by atoms with E-state index in [1.807, 2.05) is 0 Å². The van der Waals surface area contributed by atoms with Gasteiger partial charge in [-0.2, -0.15) is 0 Å². The standard InChI is InChI=1S/C18H25NO3/c1-5-12-16(21-3)9-13-14-10-19(2)7-6-11(14)8-15(20)17(13)18(12)22-4/h9,11,14H,5-8,10H2,1-4H3/t11-,14+/m1/s1. The number of rotatable bonds is 3. The van der Waals surface area contributed by atoms with Crippen molar-refractivity contribution in [2.75, 3.05) is 34.4 Å². The van der Waals surface area contributed by atoms with E-state index in [-0.39, 0.29) is 5.78 Å². The van der Waals surface area contributed by atoms with E-state index in [2.05, 4.69) is 24.9 Å². The van der Waals surface area contributed by atoms with Crippen LogP contribution in [0.25, 0.3) is 0 Å². The topological polar surface area (TPSA) is 38.8 Å². The number of ketones is 1. The highest BCUT2D eigenvalue weighted by Gasteiger charge is 2.40. The molecule has 22 heavy (non-hydrogen) atoms. The summed E-state index contributed by atoms with van der Waals surface area (Å²) < 4.78 is 11.2. The number of methoxy groups -OCH3 is 2. The van der Waals surface area contributed by atoms with Gasteiger partial charge >= 0.3 is 0 Å². The molecule has 0 spiro atoms. The summed E-state index contributed by atoms with van der Waals surface area (Å²) in [6.45, 7) is 4.14. The number of ether oxygens (including phenoxy) is 2. The van der Waals surface area contributed by atoms with Gasteiger partial charge in [0.1, 0.15) is 11.5 Å². The molecule has 120 valence electrons. The molecular weight excluding hydrogens is 278 g/mol. The molecule has 4 nitrogen and oxygen atoms in total. The number of carbonyl (C=O) groups excluding carboxylic acids is 1. The molecule has 1 fully saturated rings. The fraction of sp³-hybridized carbons (Fsp3) is 0.611. The molecule has 2 aliphatic rings. The minimum Gasteiger partial charge on any atom is -0.496 e. The zero-order valence-electron chi connectivity index (χ0n) is 13.9. The summed E-state index contributed by atoms with van der Waals surface area (Å²) in [5.41, 5.74) is 2.93. The zero-order valence-corrected chi connectivity index (χ0v) is 13.9. The molecule has 0 amide bonds. The van der Waals surface area contributed by atoms with E-state index in [0.717, 1.165) is 54.1 Å². The average Bonchev–Trinajstić information content (AvgIpc) is 2.53. The Balaban J connectivity index is 2.19. The lowest BCUT2D eigenvalue weighted by Crippen LogP contribution is -2.40. The molecule has 3 rings (SSSR count). The summed E-state index contributed by atoms with van der Waals surface area (Å²) in [5, 5.41) is 0. The molecule has 4 heteroatoms. The van der Waals surface area contributed by atoms with Crippen LogP contribution in [-0.4, -0.2) is 45.0 Å². The maximum atomic E-state index is 12.7. The first-order chi connectivity index (χ1) is 10.6. The van der Waals surface area contributed by atoms with Crippen LogP contribution in [-0.2, 0) is 6.42 Å². The maximum absolute atomic E-state index is 12.7. The van der Waals surface area contributed by atoms with Crippen LogP contribution in [0.2, 0.25) is 0 Å². The molecule has 0 radical (unpaired) electrons. The second-order valence-corrected chi connectivity index (χ2v) is 6.45. The second kappa shape index (κ2) is 5.92. The minimum absolute atomic E-state index is 0.231. The Kier molecular flexibility index (Phi) is 4.13. The van der Waals surface area contributed by atoms with E-state index >= 15 is 0 Å². The van der Waals surface area contributed by atoms with Crippen molar-refractivity contribution in [1.82, 2.24) is 4.90 Å². The third-order valence-electron chi connectivity index (χ3n) is 5.24. The molecule has 1 aliphatic heterocycles. The lowest BCUT2D eigenvalue weighted by Gasteiger charge is -2.41. The third-order valence-corrected chi connectivity index (χ3v) is 5.24. The Morgan fingerprint density at radius 2 is 2.09 bits per heavy atom. The second-order valence-electron chi connectivity index (χ2n) is 6.45. The summed E-state index contributed by atoms with van der Waals surface area (Å²) >= 11 is 0. The first-order valence-corrected chi connectivity index (χ1v) is 8.10. The van der Waals surface area contributed by atoms with Crippen LogP contribution < -0.4 is 9.47 Å². The van der Waals surface area contributed by atoms with E-state index in [1.54, 1.807) is 14.2 Å². The quantitative estimate of drug-likeness (QED) is 0.860. The molecule has 0 unspecified atom stereocenters. The Hall–Kier alpha value is -1.55. The van der Waals surface area contributed by atoms with Crippen molar-refractivity contribution < 1.29 is 14.3 Å². The van der Waals surface area contributed by atoms with Crippen LogP contribution in [0, 0.1) is 5.92 Å². The van der Waals surface area contributed by atoms with Crippen molar-refractivity contribution in [2.45, 2.75) is 32.1 Å². The fourth-order valence-corrected chi connectivity index (χ4v) is 4.12. The van der Waals surface area contributed by atoms with Crippen LogP contribution in [0.4, 0.5) is 0 Å². The van der Waals surface area contributed by atoms with Gasteiger partial charge in [0.25, 0.3) is 0 Å². The smallest absolute Gasteiger partial charge is 0.167 e. The largest absolute Gasteiger partial charge is 0.496 e. The number of carbonyl (C=O) groups is 1. The SMILES string of the molecule is CCc1c(OC)cc2c(c1OC)C(=O)C[C@H]1CCN(C)C[C@H]21. The number of likely N-dealkylation sites (N-methyl/N-ethyl adjacent to an activating group) is 1. The number of likely N-dealkylation sites (tertiary alicyclic amines) is 1. The fourth-order valence-electron chi connectivity index (χ4n) is 4.12. The van der Waals surface area contributed by atoms with E-state index in [4.69, 9.17) is 9.47 Å². The number of nitrogens with zero attached hydrogens (tertiary/aromatic N) is 1. The van der Waals surface area contributed by atoms with Gasteiger partial charge in [-0.25, -0.2) is 0 Å². The highest BCUT2D eigenvalue weighted by Crippen LogP contribution is 2.47. The number of hydrogen-bond donors (Lipinski definition) is 0. The first-order valence-electron chi connectivity index (χ1n) is 8.10. The van der Waals surface area contributed by atoms with Gasteiger partial charge in [-0.1, -0.05) is 6.92 Å². The molecule has 0 saturated carbocycles. The number of fused-ring (bicyclic) bond motifs is 3. The number of Topliss-reactive ketones (excluding diaryl/α,β-unsaturated/α-hetero) is 1. The van der Waals surface area contributed by atoms with Crippen molar-refractivity contribution in [3.8, 4) is 11.5 Å². The van der Waals surface area contributed by atoms with Crippen molar-refractivity contribution in [2.24, 2.45) is 5.92 Å². The summed E-state index contributed by atoms with van der Waals surface area (Å²) in [4.78, 5) is 15.1. The number of piperidine rings is 1. The summed E-state index contributed by atoms with van der Waals surface area (Å²) in [5.74, 6) is 2.67. The first kappa shape index (κ1) is 15.3. The molecule has 1 aromatic rings. The molecule has 0 bridgehead atoms. The summed E-state index contributed by atoms with van der Waals surface area (Å²) in [6.07, 6.45) is 2.53. The lowest BCUT2D eigenvalue weighted by molar-refractivity contribution is 0.0882. The lowest BCUT2D eigenvalue weighted by atomic mass is 9.70. The summed E-state index contributed by atoms with van der Waals surface area (Å²) in [6, 6.07) is 2.09. The van der Waals surface area contributed by atoms with Crippen molar-refractivity contribution in [3.63, 3.8) is 0 Å². The minimum atomic E-state index is 0.231. The Morgan fingerprint density at radius 1 is 1.32 bits per heavy atom. The molecule has 2 atom stereocenters. The average molecular weight is 303 g/mol. The molecule has 0 N–H and O–H groups in total. The van der Waals surface area contributed by atoms with Gasteiger partial charge in [-0.05, 0) is 44.0 Å². The monoisotopic (exact) mass is 303 g/mol. The van der Waals surface area contributed by atoms with Gasteiger partial charge in [-0.3, -0.25) is 4.79 Å². The molecule has 0 aromatic heterocycles.